The van der Waals surface area contributed by atoms with Crippen LogP contribution in [-0.4, -0.2) is 49.9 Å². The summed E-state index contributed by atoms with van der Waals surface area (Å²) in [6, 6.07) is 1.51. The van der Waals surface area contributed by atoms with Crippen molar-refractivity contribution in [3.8, 4) is 0 Å². The van der Waals surface area contributed by atoms with Crippen molar-refractivity contribution in [2.45, 2.75) is 18.2 Å². The monoisotopic (exact) mass is 361 g/mol. The normalized spacial score (nSPS) is 25.9. The first-order valence-corrected chi connectivity index (χ1v) is 10.8. The summed E-state index contributed by atoms with van der Waals surface area (Å²) in [7, 11) is -3.60. The van der Waals surface area contributed by atoms with E-state index in [-0.39, 0.29) is 9.77 Å². The van der Waals surface area contributed by atoms with Crippen molar-refractivity contribution in [2.75, 3.05) is 31.2 Å². The van der Waals surface area contributed by atoms with E-state index in [0.717, 1.165) is 29.3 Å². The fraction of sp³-hybridized carbons (Fsp3) is 0.643. The summed E-state index contributed by atoms with van der Waals surface area (Å²) in [5.41, 5.74) is 0. The molecule has 3 rings (SSSR count). The molecule has 1 saturated carbocycles. The molecule has 0 radical (unpaired) electrons. The van der Waals surface area contributed by atoms with Crippen molar-refractivity contribution >= 4 is 39.1 Å². The number of ether oxygens (including phenoxy) is 1. The first-order chi connectivity index (χ1) is 10.5. The number of esters is 1. The van der Waals surface area contributed by atoms with Gasteiger partial charge in [-0.15, -0.1) is 11.3 Å². The van der Waals surface area contributed by atoms with Gasteiger partial charge in [-0.2, -0.15) is 16.1 Å². The Morgan fingerprint density at radius 1 is 1.41 bits per heavy atom. The molecule has 0 unspecified atom stereocenters. The zero-order chi connectivity index (χ0) is 15.7. The van der Waals surface area contributed by atoms with Gasteiger partial charge in [0.2, 0.25) is 10.0 Å². The SMILES string of the molecule is C[C@H]1C[C@@H]1COC(=O)c1sccc1S(=O)(=O)N1CCSCC1. The number of thiophene rings is 1. The van der Waals surface area contributed by atoms with Crippen molar-refractivity contribution in [1.82, 2.24) is 4.31 Å². The van der Waals surface area contributed by atoms with Crippen molar-refractivity contribution in [3.63, 3.8) is 0 Å². The number of carbonyl (C=O) groups is 1. The number of hydrogen-bond donors (Lipinski definition) is 0. The molecular formula is C14H19NO4S3. The van der Waals surface area contributed by atoms with Crippen LogP contribution in [0.5, 0.6) is 0 Å². The average Bonchev–Trinajstić information content (AvgIpc) is 3.02. The average molecular weight is 362 g/mol. The summed E-state index contributed by atoms with van der Waals surface area (Å²) in [4.78, 5) is 12.5. The van der Waals surface area contributed by atoms with Crippen LogP contribution in [0.1, 0.15) is 23.0 Å². The molecule has 0 aromatic carbocycles. The lowest BCUT2D eigenvalue weighted by Crippen LogP contribution is -2.38. The fourth-order valence-electron chi connectivity index (χ4n) is 2.46. The molecule has 0 bridgehead atoms. The maximum atomic E-state index is 12.7. The molecule has 1 aromatic rings. The Labute approximate surface area is 139 Å². The number of rotatable bonds is 5. The Bertz CT molecular complexity index is 649. The van der Waals surface area contributed by atoms with E-state index >= 15 is 0 Å². The third-order valence-electron chi connectivity index (χ3n) is 4.11. The van der Waals surface area contributed by atoms with Gasteiger partial charge < -0.3 is 4.74 Å². The summed E-state index contributed by atoms with van der Waals surface area (Å²) < 4.78 is 32.1. The lowest BCUT2D eigenvalue weighted by atomic mass is 10.4. The van der Waals surface area contributed by atoms with Crippen molar-refractivity contribution in [3.05, 3.63) is 16.3 Å². The molecule has 2 fully saturated rings. The molecule has 1 aliphatic carbocycles. The predicted molar refractivity (Wildman–Crippen MR) is 88.0 cm³/mol. The van der Waals surface area contributed by atoms with Crippen LogP contribution in [0.15, 0.2) is 16.3 Å². The summed E-state index contributed by atoms with van der Waals surface area (Å²) in [5.74, 6) is 2.11. The predicted octanol–water partition coefficient (Wildman–Crippen LogP) is 2.30. The molecule has 0 amide bonds. The number of nitrogens with zero attached hydrogens (tertiary/aromatic N) is 1. The van der Waals surface area contributed by atoms with Gasteiger partial charge >= 0.3 is 5.97 Å². The van der Waals surface area contributed by atoms with Gasteiger partial charge in [0.05, 0.1) is 6.61 Å². The summed E-state index contributed by atoms with van der Waals surface area (Å²) in [6.07, 6.45) is 1.08. The van der Waals surface area contributed by atoms with Crippen LogP contribution in [0.25, 0.3) is 0 Å². The van der Waals surface area contributed by atoms with Crippen LogP contribution in [0.2, 0.25) is 0 Å². The van der Waals surface area contributed by atoms with Gasteiger partial charge in [-0.25, -0.2) is 13.2 Å². The highest BCUT2D eigenvalue weighted by Gasteiger charge is 2.35. The van der Waals surface area contributed by atoms with E-state index in [0.29, 0.717) is 31.5 Å². The van der Waals surface area contributed by atoms with Gasteiger partial charge in [-0.3, -0.25) is 0 Å². The van der Waals surface area contributed by atoms with Gasteiger partial charge in [-0.05, 0) is 29.7 Å². The van der Waals surface area contributed by atoms with E-state index in [1.54, 1.807) is 17.1 Å². The van der Waals surface area contributed by atoms with Crippen molar-refractivity contribution < 1.29 is 17.9 Å². The highest BCUT2D eigenvalue weighted by molar-refractivity contribution is 7.99. The highest BCUT2D eigenvalue weighted by Crippen LogP contribution is 2.38. The molecule has 1 aliphatic heterocycles. The molecule has 0 spiro atoms. The van der Waals surface area contributed by atoms with E-state index in [1.807, 2.05) is 0 Å². The minimum absolute atomic E-state index is 0.0956. The lowest BCUT2D eigenvalue weighted by molar-refractivity contribution is 0.0483. The molecule has 0 N–H and O–H groups in total. The van der Waals surface area contributed by atoms with E-state index in [1.165, 1.54) is 10.4 Å². The second-order valence-corrected chi connectivity index (χ2v) is 9.75. The molecule has 2 aliphatic rings. The van der Waals surface area contributed by atoms with E-state index in [2.05, 4.69) is 6.92 Å². The first kappa shape index (κ1) is 16.3. The second kappa shape index (κ2) is 6.51. The second-order valence-electron chi connectivity index (χ2n) is 5.70. The molecular weight excluding hydrogens is 342 g/mol. The molecule has 122 valence electrons. The number of sulfonamides is 1. The molecule has 1 aromatic heterocycles. The van der Waals surface area contributed by atoms with Gasteiger partial charge in [0.25, 0.3) is 0 Å². The number of carbonyl (C=O) groups excluding carboxylic acids is 1. The Morgan fingerprint density at radius 2 is 2.09 bits per heavy atom. The van der Waals surface area contributed by atoms with Gasteiger partial charge in [-0.1, -0.05) is 6.92 Å². The van der Waals surface area contributed by atoms with E-state index < -0.39 is 16.0 Å². The van der Waals surface area contributed by atoms with Crippen LogP contribution in [-0.2, 0) is 14.8 Å². The molecule has 5 nitrogen and oxygen atoms in total. The third-order valence-corrected chi connectivity index (χ3v) is 8.01. The smallest absolute Gasteiger partial charge is 0.349 e. The highest BCUT2D eigenvalue weighted by atomic mass is 32.2. The topological polar surface area (TPSA) is 63.7 Å². The van der Waals surface area contributed by atoms with Crippen molar-refractivity contribution in [2.24, 2.45) is 11.8 Å². The maximum Gasteiger partial charge on any atom is 0.349 e. The Morgan fingerprint density at radius 3 is 2.73 bits per heavy atom. The zero-order valence-corrected chi connectivity index (χ0v) is 14.8. The zero-order valence-electron chi connectivity index (χ0n) is 12.4. The molecule has 1 saturated heterocycles. The minimum atomic E-state index is -3.60. The summed E-state index contributed by atoms with van der Waals surface area (Å²) >= 11 is 2.88. The molecule has 8 heteroatoms. The Balaban J connectivity index is 1.74. The number of hydrogen-bond acceptors (Lipinski definition) is 6. The Hall–Kier alpha value is -0.570. The van der Waals surface area contributed by atoms with Crippen molar-refractivity contribution in [1.29, 1.82) is 0 Å². The van der Waals surface area contributed by atoms with E-state index in [9.17, 15) is 13.2 Å². The molecule has 22 heavy (non-hydrogen) atoms. The fourth-order valence-corrected chi connectivity index (χ4v) is 6.31. The first-order valence-electron chi connectivity index (χ1n) is 7.32. The summed E-state index contributed by atoms with van der Waals surface area (Å²) in [6.45, 7) is 3.50. The third kappa shape index (κ3) is 3.34. The van der Waals surface area contributed by atoms with Gasteiger partial charge in [0.15, 0.2) is 0 Å². The quantitative estimate of drug-likeness (QED) is 0.753. The van der Waals surface area contributed by atoms with Crippen LogP contribution >= 0.6 is 23.1 Å². The van der Waals surface area contributed by atoms with Crippen LogP contribution in [0.4, 0.5) is 0 Å². The standard InChI is InChI=1S/C14H19NO4S3/c1-10-8-11(10)9-19-14(16)13-12(2-5-21-13)22(17,18)15-3-6-20-7-4-15/h2,5,10-11H,3-4,6-9H2,1H3/t10-,11+/m0/s1. The maximum absolute atomic E-state index is 12.7. The summed E-state index contributed by atoms with van der Waals surface area (Å²) in [5, 5.41) is 1.64. The van der Waals surface area contributed by atoms with Crippen LogP contribution in [0.3, 0.4) is 0 Å². The van der Waals surface area contributed by atoms with Crippen LogP contribution in [0, 0.1) is 11.8 Å². The van der Waals surface area contributed by atoms with Crippen LogP contribution < -0.4 is 0 Å². The van der Waals surface area contributed by atoms with Gasteiger partial charge in [0, 0.05) is 24.6 Å². The molecule has 2 atom stereocenters. The largest absolute Gasteiger partial charge is 0.461 e. The van der Waals surface area contributed by atoms with E-state index in [4.69, 9.17) is 4.74 Å². The minimum Gasteiger partial charge on any atom is -0.461 e. The van der Waals surface area contributed by atoms with Gasteiger partial charge in [0.1, 0.15) is 9.77 Å². The molecule has 2 heterocycles. The lowest BCUT2D eigenvalue weighted by Gasteiger charge is -2.25. The Kier molecular flexibility index (Phi) is 4.82. The number of thioether (sulfide) groups is 1.